The smallest absolute Gasteiger partial charge is 0.347 e. The van der Waals surface area contributed by atoms with Crippen LogP contribution in [0.25, 0.3) is 0 Å². The van der Waals surface area contributed by atoms with E-state index in [1.165, 1.54) is 16.4 Å². The average Bonchev–Trinajstić information content (AvgIpc) is 3.10. The molecule has 1 aromatic heterocycles. The number of ether oxygens (including phenoxy) is 1. The average molecular weight is 575 g/mol. The Hall–Kier alpha value is -2.30. The van der Waals surface area contributed by atoms with Gasteiger partial charge in [-0.2, -0.15) is 0 Å². The number of aliphatic hydroxyl groups is 1. The molecule has 4 atom stereocenters. The molecule has 0 unspecified atom stereocenters. The first kappa shape index (κ1) is 25.4. The maximum Gasteiger partial charge on any atom is 0.347 e. The normalized spacial score (nSPS) is 29.4. The van der Waals surface area contributed by atoms with Crippen LogP contribution in [0.2, 0.25) is 0 Å². The second kappa shape index (κ2) is 8.63. The molecule has 1 aliphatic heterocycles. The summed E-state index contributed by atoms with van der Waals surface area (Å²) in [6.07, 6.45) is 1.45. The van der Waals surface area contributed by atoms with Gasteiger partial charge < -0.3 is 9.84 Å². The number of alkyl halides is 2. The van der Waals surface area contributed by atoms with E-state index in [0.29, 0.717) is 16.9 Å². The van der Waals surface area contributed by atoms with Crippen molar-refractivity contribution in [2.24, 2.45) is 7.05 Å². The first-order chi connectivity index (χ1) is 17.0. The van der Waals surface area contributed by atoms with Crippen LogP contribution >= 0.6 is 46.4 Å². The summed E-state index contributed by atoms with van der Waals surface area (Å²) < 4.78 is 8.88. The Morgan fingerprint density at radius 3 is 2.31 bits per heavy atom. The molecule has 1 N–H and O–H groups in total. The van der Waals surface area contributed by atoms with E-state index in [0.717, 1.165) is 4.57 Å². The molecule has 1 aromatic carbocycles. The molecule has 9 nitrogen and oxygen atoms in total. The van der Waals surface area contributed by atoms with Gasteiger partial charge in [0.15, 0.2) is 11.6 Å². The number of aromatic nitrogens is 3. The maximum absolute atomic E-state index is 13.6. The molecule has 1 fully saturated rings. The fraction of sp³-hybridized carbons (Fsp3) is 0.391. The lowest BCUT2D eigenvalue weighted by atomic mass is 9.59. The highest BCUT2D eigenvalue weighted by molar-refractivity contribution is 6.66. The summed E-state index contributed by atoms with van der Waals surface area (Å²) in [7, 11) is 1.35. The Morgan fingerprint density at radius 1 is 1.03 bits per heavy atom. The summed E-state index contributed by atoms with van der Waals surface area (Å²) in [5.41, 5.74) is -0.0818. The zero-order valence-corrected chi connectivity index (χ0v) is 21.7. The van der Waals surface area contributed by atoms with E-state index in [4.69, 9.17) is 56.2 Å². The molecule has 13 heteroatoms. The molecule has 3 aliphatic rings. The maximum atomic E-state index is 13.6. The molecular formula is C23H19Cl4N3O6. The topological polar surface area (TPSA) is 113 Å². The van der Waals surface area contributed by atoms with Crippen LogP contribution in [-0.2, 0) is 23.2 Å². The van der Waals surface area contributed by atoms with Crippen molar-refractivity contribution in [2.45, 2.75) is 34.7 Å². The summed E-state index contributed by atoms with van der Waals surface area (Å²) in [5.74, 6) is -2.19. The third-order valence-corrected chi connectivity index (χ3v) is 9.32. The first-order valence-corrected chi connectivity index (χ1v) is 12.4. The molecule has 2 aromatic rings. The number of hydrogen-bond acceptors (Lipinski definition) is 6. The number of aliphatic hydroxyl groups excluding tert-OH is 1. The third-order valence-electron chi connectivity index (χ3n) is 7.07. The highest BCUT2D eigenvalue weighted by atomic mass is 35.5. The lowest BCUT2D eigenvalue weighted by molar-refractivity contribution is -0.128. The van der Waals surface area contributed by atoms with Gasteiger partial charge in [-0.25, -0.2) is 23.5 Å². The van der Waals surface area contributed by atoms with Crippen molar-refractivity contribution < 1.29 is 19.4 Å². The Kier molecular flexibility index (Phi) is 6.08. The molecule has 5 rings (SSSR count). The largest absolute Gasteiger partial charge is 0.491 e. The Bertz CT molecular complexity index is 1490. The highest BCUT2D eigenvalue weighted by Gasteiger charge is 2.71. The SMILES string of the molecule is Cn1c(=O)n2n(c1=O)[C@@H]1C[C@@]3(Cl)C(=O)C(Cl)=C(Cl)C(=O)[C@@]3(Cl)[C@@H](c3ccc(OCCO)cc3)C1=CC2. The van der Waals surface area contributed by atoms with Gasteiger partial charge in [-0.15, -0.1) is 23.2 Å². The van der Waals surface area contributed by atoms with Crippen molar-refractivity contribution in [2.75, 3.05) is 13.2 Å². The van der Waals surface area contributed by atoms with Crippen molar-refractivity contribution in [3.8, 4) is 5.75 Å². The highest BCUT2D eigenvalue weighted by Crippen LogP contribution is 2.63. The van der Waals surface area contributed by atoms with Gasteiger partial charge in [-0.05, 0) is 23.3 Å². The Labute approximate surface area is 224 Å². The van der Waals surface area contributed by atoms with Crippen LogP contribution < -0.4 is 16.1 Å². The molecular weight excluding hydrogens is 556 g/mol. The van der Waals surface area contributed by atoms with Gasteiger partial charge in [-0.1, -0.05) is 41.4 Å². The number of Topliss-reactive ketones (excluding diaryl/α,β-unsaturated/α-hetero) is 2. The number of benzene rings is 1. The van der Waals surface area contributed by atoms with Crippen molar-refractivity contribution >= 4 is 58.0 Å². The molecule has 0 bridgehead atoms. The summed E-state index contributed by atoms with van der Waals surface area (Å²) in [5, 5.41) is 7.98. The fourth-order valence-corrected chi connectivity index (χ4v) is 6.90. The lowest BCUT2D eigenvalue weighted by Crippen LogP contribution is -2.67. The van der Waals surface area contributed by atoms with E-state index >= 15 is 0 Å². The van der Waals surface area contributed by atoms with Crippen LogP contribution in [0, 0.1) is 0 Å². The number of fused-ring (bicyclic) bond motifs is 4. The molecule has 2 aliphatic carbocycles. The molecule has 36 heavy (non-hydrogen) atoms. The molecule has 190 valence electrons. The zero-order chi connectivity index (χ0) is 26.2. The van der Waals surface area contributed by atoms with E-state index in [9.17, 15) is 19.2 Å². The first-order valence-electron chi connectivity index (χ1n) is 10.9. The minimum Gasteiger partial charge on any atom is -0.491 e. The minimum atomic E-state index is -2.08. The standard InChI is InChI=1S/C23H19Cl4N3O6/c1-28-20(34)29-7-6-13-14(30(29)21(28)35)10-22(26)18(32)16(24)17(25)19(33)23(22,27)15(13)11-2-4-12(5-3-11)36-9-8-31/h2-6,14-15,31H,7-10H2,1H3/t14-,15+,22-,23+/m1/s1. The van der Waals surface area contributed by atoms with Crippen LogP contribution in [-0.4, -0.2) is 53.6 Å². The van der Waals surface area contributed by atoms with Crippen molar-refractivity contribution in [3.63, 3.8) is 0 Å². The molecule has 1 saturated carbocycles. The number of allylic oxidation sites excluding steroid dienone is 4. The predicted molar refractivity (Wildman–Crippen MR) is 133 cm³/mol. The van der Waals surface area contributed by atoms with Crippen molar-refractivity contribution in [3.05, 3.63) is 72.5 Å². The van der Waals surface area contributed by atoms with Crippen LogP contribution in [0.5, 0.6) is 5.75 Å². The summed E-state index contributed by atoms with van der Waals surface area (Å²) in [6.45, 7) is -0.0432. The van der Waals surface area contributed by atoms with Crippen molar-refractivity contribution in [1.82, 2.24) is 13.9 Å². The van der Waals surface area contributed by atoms with E-state index < -0.39 is 54.7 Å². The van der Waals surface area contributed by atoms with Crippen molar-refractivity contribution in [1.29, 1.82) is 0 Å². The van der Waals surface area contributed by atoms with Gasteiger partial charge in [0.05, 0.1) is 19.2 Å². The summed E-state index contributed by atoms with van der Waals surface area (Å²) in [4.78, 5) is 48.6. The minimum absolute atomic E-state index is 0.0453. The molecule has 0 amide bonds. The van der Waals surface area contributed by atoms with Crippen LogP contribution in [0.4, 0.5) is 0 Å². The quantitative estimate of drug-likeness (QED) is 0.442. The van der Waals surface area contributed by atoms with E-state index in [2.05, 4.69) is 0 Å². The fourth-order valence-electron chi connectivity index (χ4n) is 5.37. The lowest BCUT2D eigenvalue weighted by Gasteiger charge is -2.54. The number of halogens is 4. The summed E-state index contributed by atoms with van der Waals surface area (Å²) in [6, 6.07) is 5.70. The summed E-state index contributed by atoms with van der Waals surface area (Å²) >= 11 is 26.4. The number of rotatable bonds is 4. The Balaban J connectivity index is 1.76. The number of carbonyl (C=O) groups is 2. The molecule has 0 spiro atoms. The van der Waals surface area contributed by atoms with Gasteiger partial charge in [0, 0.05) is 19.4 Å². The van der Waals surface area contributed by atoms with Gasteiger partial charge in [-0.3, -0.25) is 9.59 Å². The Morgan fingerprint density at radius 2 is 1.67 bits per heavy atom. The predicted octanol–water partition coefficient (Wildman–Crippen LogP) is 2.18. The van der Waals surface area contributed by atoms with E-state index in [-0.39, 0.29) is 26.2 Å². The van der Waals surface area contributed by atoms with Crippen LogP contribution in [0.3, 0.4) is 0 Å². The number of hydrogen-bond donors (Lipinski definition) is 1. The van der Waals surface area contributed by atoms with E-state index in [1.54, 1.807) is 30.3 Å². The van der Waals surface area contributed by atoms with Gasteiger partial charge >= 0.3 is 11.4 Å². The van der Waals surface area contributed by atoms with E-state index in [1.807, 2.05) is 0 Å². The molecule has 0 saturated heterocycles. The van der Waals surface area contributed by atoms with Gasteiger partial charge in [0.2, 0.25) is 0 Å². The van der Waals surface area contributed by atoms with Crippen LogP contribution in [0.1, 0.15) is 23.9 Å². The third kappa shape index (κ3) is 3.20. The zero-order valence-electron chi connectivity index (χ0n) is 18.7. The molecule has 0 radical (unpaired) electrons. The second-order valence-electron chi connectivity index (χ2n) is 8.85. The second-order valence-corrected chi connectivity index (χ2v) is 10.8. The number of carbonyl (C=O) groups excluding carboxylic acids is 2. The number of ketones is 2. The van der Waals surface area contributed by atoms with Gasteiger partial charge in [0.1, 0.15) is 32.2 Å². The number of nitrogens with zero attached hydrogens (tertiary/aromatic N) is 3. The van der Waals surface area contributed by atoms with Gasteiger partial charge in [0.25, 0.3) is 0 Å². The monoisotopic (exact) mass is 573 g/mol. The molecule has 2 heterocycles. The van der Waals surface area contributed by atoms with Crippen LogP contribution in [0.15, 0.2) is 55.6 Å².